The number of aliphatic carboxylic acids is 1. The summed E-state index contributed by atoms with van der Waals surface area (Å²) in [5.74, 6) is -2.21. The monoisotopic (exact) mass is 513 g/mol. The van der Waals surface area contributed by atoms with E-state index in [9.17, 15) is 40.6 Å². The lowest BCUT2D eigenvalue weighted by Gasteiger charge is -2.21. The third kappa shape index (κ3) is 5.22. The van der Waals surface area contributed by atoms with Crippen LogP contribution in [0.3, 0.4) is 0 Å². The van der Waals surface area contributed by atoms with Crippen LogP contribution in [0.25, 0.3) is 11.1 Å². The molecule has 0 heterocycles. The summed E-state index contributed by atoms with van der Waals surface area (Å²) in [6.07, 6.45) is -0.459. The summed E-state index contributed by atoms with van der Waals surface area (Å²) >= 11 is 0. The van der Waals surface area contributed by atoms with Crippen LogP contribution in [0.5, 0.6) is 0 Å². The average Bonchev–Trinajstić information content (AvgIpc) is 3.06. The zero-order chi connectivity index (χ0) is 25.4. The fourth-order valence-electron chi connectivity index (χ4n) is 3.82. The molecule has 0 fully saturated rings. The van der Waals surface area contributed by atoms with Crippen LogP contribution < -0.4 is 5.32 Å². The molecule has 1 aliphatic rings. The van der Waals surface area contributed by atoms with Crippen LogP contribution in [0.4, 0.5) is 4.79 Å². The molecule has 0 radical (unpaired) electrons. The van der Waals surface area contributed by atoms with Crippen LogP contribution >= 0.6 is 0 Å². The summed E-state index contributed by atoms with van der Waals surface area (Å²) in [6.45, 7) is 3.18. The summed E-state index contributed by atoms with van der Waals surface area (Å²) in [7, 11) is -9.12. The largest absolute Gasteiger partial charge is 0.480 e. The van der Waals surface area contributed by atoms with E-state index in [0.717, 1.165) is 24.3 Å². The molecule has 0 saturated carbocycles. The number of alkyl carbamates (subject to hydrolysis) is 1. The Kier molecular flexibility index (Phi) is 7.03. The van der Waals surface area contributed by atoms with Crippen molar-refractivity contribution in [2.75, 3.05) is 6.61 Å². The molecule has 1 aliphatic carbocycles. The first-order chi connectivity index (χ1) is 15.7. The van der Waals surface area contributed by atoms with Gasteiger partial charge in [0, 0.05) is 5.92 Å². The molecule has 11 nitrogen and oxygen atoms in total. The van der Waals surface area contributed by atoms with Crippen LogP contribution in [-0.2, 0) is 29.8 Å². The van der Waals surface area contributed by atoms with Crippen LogP contribution in [0.15, 0.2) is 46.2 Å². The lowest BCUT2D eigenvalue weighted by molar-refractivity contribution is -0.140. The molecular formula is C21H23NO10S2. The fraction of sp³-hybridized carbons (Fsp3) is 0.333. The summed E-state index contributed by atoms with van der Waals surface area (Å²) < 4.78 is 70.5. The molecule has 1 amide bonds. The molecule has 184 valence electrons. The average molecular weight is 514 g/mol. The summed E-state index contributed by atoms with van der Waals surface area (Å²) in [5.41, 5.74) is 1.51. The van der Waals surface area contributed by atoms with Gasteiger partial charge in [0.2, 0.25) is 0 Å². The third-order valence-corrected chi connectivity index (χ3v) is 7.52. The lowest BCUT2D eigenvalue weighted by Crippen LogP contribution is -2.45. The molecule has 13 heteroatoms. The van der Waals surface area contributed by atoms with E-state index in [1.807, 2.05) is 0 Å². The minimum absolute atomic E-state index is 0.269. The van der Waals surface area contributed by atoms with Gasteiger partial charge < -0.3 is 15.2 Å². The molecule has 0 saturated heterocycles. The van der Waals surface area contributed by atoms with Gasteiger partial charge in [0.15, 0.2) is 0 Å². The maximum absolute atomic E-state index is 12.3. The van der Waals surface area contributed by atoms with E-state index in [4.69, 9.17) is 4.74 Å². The van der Waals surface area contributed by atoms with Crippen LogP contribution in [0.1, 0.15) is 37.3 Å². The van der Waals surface area contributed by atoms with Crippen molar-refractivity contribution < 1.29 is 45.4 Å². The molecule has 3 rings (SSSR count). The first-order valence-electron chi connectivity index (χ1n) is 10.1. The molecule has 0 aliphatic heterocycles. The van der Waals surface area contributed by atoms with E-state index >= 15 is 0 Å². The predicted molar refractivity (Wildman–Crippen MR) is 119 cm³/mol. The quantitative estimate of drug-likeness (QED) is 0.382. The van der Waals surface area contributed by atoms with E-state index in [-0.39, 0.29) is 23.7 Å². The van der Waals surface area contributed by atoms with E-state index in [0.29, 0.717) is 17.5 Å². The van der Waals surface area contributed by atoms with Crippen LogP contribution in [0, 0.1) is 5.92 Å². The molecule has 2 aromatic carbocycles. The van der Waals surface area contributed by atoms with Crippen molar-refractivity contribution in [1.82, 2.24) is 5.32 Å². The first kappa shape index (κ1) is 25.6. The van der Waals surface area contributed by atoms with Crippen molar-refractivity contribution in [3.8, 4) is 11.1 Å². The number of fused-ring (bicyclic) bond motifs is 3. The highest BCUT2D eigenvalue weighted by Crippen LogP contribution is 2.46. The summed E-state index contributed by atoms with van der Waals surface area (Å²) in [4.78, 5) is 22.9. The van der Waals surface area contributed by atoms with Gasteiger partial charge in [-0.15, -0.1) is 0 Å². The highest BCUT2D eigenvalue weighted by atomic mass is 32.2. The van der Waals surface area contributed by atoms with Crippen LogP contribution in [0.2, 0.25) is 0 Å². The normalized spacial score (nSPS) is 15.2. The number of rotatable bonds is 8. The summed E-state index contributed by atoms with van der Waals surface area (Å²) in [6, 6.07) is 6.25. The predicted octanol–water partition coefficient (Wildman–Crippen LogP) is 2.52. The van der Waals surface area contributed by atoms with Crippen molar-refractivity contribution in [2.45, 2.75) is 42.0 Å². The maximum atomic E-state index is 12.3. The highest BCUT2D eigenvalue weighted by Gasteiger charge is 2.33. The van der Waals surface area contributed by atoms with Gasteiger partial charge in [-0.3, -0.25) is 9.11 Å². The standard InChI is InChI=1S/C21H23NO10S2/c1-3-11(2)19(20(23)24)22-21(25)32-10-18-14-6-4-12(33(26,27)28)8-16(14)17-9-13(34(29,30)31)5-7-15(17)18/h4-9,11,18-19H,3,10H2,1-2H3,(H,22,25)(H,23,24)(H,26,27,28)(H,29,30,31)/t11-,19-/m0/s1. The number of nitrogens with one attached hydrogen (secondary N) is 1. The van der Waals surface area contributed by atoms with E-state index < -0.39 is 54.0 Å². The molecule has 2 aromatic rings. The Balaban J connectivity index is 1.96. The number of amides is 1. The second-order valence-corrected chi connectivity index (χ2v) is 10.8. The minimum Gasteiger partial charge on any atom is -0.480 e. The Bertz CT molecular complexity index is 1270. The second kappa shape index (κ2) is 9.33. The van der Waals surface area contributed by atoms with Gasteiger partial charge in [-0.1, -0.05) is 32.4 Å². The molecule has 4 N–H and O–H groups in total. The Morgan fingerprint density at radius 2 is 1.44 bits per heavy atom. The Hall–Kier alpha value is -3.00. The highest BCUT2D eigenvalue weighted by molar-refractivity contribution is 7.86. The molecule has 0 aromatic heterocycles. The number of carbonyl (C=O) groups excluding carboxylic acids is 1. The number of ether oxygens (including phenoxy) is 1. The van der Waals surface area contributed by atoms with Crippen molar-refractivity contribution in [2.24, 2.45) is 5.92 Å². The number of hydrogen-bond acceptors (Lipinski definition) is 7. The van der Waals surface area contributed by atoms with Gasteiger partial charge in [0.1, 0.15) is 12.6 Å². The lowest BCUT2D eigenvalue weighted by atomic mass is 9.98. The van der Waals surface area contributed by atoms with Crippen molar-refractivity contribution >= 4 is 32.3 Å². The van der Waals surface area contributed by atoms with Gasteiger partial charge in [-0.25, -0.2) is 9.59 Å². The topological polar surface area (TPSA) is 184 Å². The third-order valence-electron chi connectivity index (χ3n) is 5.82. The summed E-state index contributed by atoms with van der Waals surface area (Å²) in [5, 5.41) is 11.6. The van der Waals surface area contributed by atoms with Crippen molar-refractivity contribution in [3.63, 3.8) is 0 Å². The molecule has 2 atom stereocenters. The Morgan fingerprint density at radius 1 is 0.971 bits per heavy atom. The fourth-order valence-corrected chi connectivity index (χ4v) is 4.84. The van der Waals surface area contributed by atoms with E-state index in [2.05, 4.69) is 5.32 Å². The molecule has 0 bridgehead atoms. The van der Waals surface area contributed by atoms with Gasteiger partial charge in [-0.2, -0.15) is 16.8 Å². The first-order valence-corrected chi connectivity index (χ1v) is 13.0. The number of benzene rings is 2. The SMILES string of the molecule is CC[C@H](C)[C@H](NC(=O)OCC1c2ccc(S(=O)(=O)O)cc2-c2cc(S(=O)(=O)O)ccc21)C(=O)O. The van der Waals surface area contributed by atoms with E-state index in [1.54, 1.807) is 13.8 Å². The smallest absolute Gasteiger partial charge is 0.407 e. The van der Waals surface area contributed by atoms with Gasteiger partial charge in [0.25, 0.3) is 20.2 Å². The molecule has 0 spiro atoms. The molecule has 34 heavy (non-hydrogen) atoms. The van der Waals surface area contributed by atoms with Crippen molar-refractivity contribution in [3.05, 3.63) is 47.5 Å². The number of carboxylic acids is 1. The Labute approximate surface area is 196 Å². The van der Waals surface area contributed by atoms with E-state index in [1.165, 1.54) is 12.1 Å². The van der Waals surface area contributed by atoms with Gasteiger partial charge in [-0.05, 0) is 52.4 Å². The minimum atomic E-state index is -4.56. The zero-order valence-electron chi connectivity index (χ0n) is 18.1. The second-order valence-electron chi connectivity index (χ2n) is 7.95. The number of carboxylic acid groups (broad SMARTS) is 1. The van der Waals surface area contributed by atoms with Gasteiger partial charge >= 0.3 is 12.1 Å². The number of carbonyl (C=O) groups is 2. The molecular weight excluding hydrogens is 490 g/mol. The van der Waals surface area contributed by atoms with Crippen LogP contribution in [-0.4, -0.2) is 55.8 Å². The maximum Gasteiger partial charge on any atom is 0.407 e. The zero-order valence-corrected chi connectivity index (χ0v) is 19.8. The Morgan fingerprint density at radius 3 is 1.82 bits per heavy atom. The molecule has 0 unspecified atom stereocenters. The van der Waals surface area contributed by atoms with Crippen molar-refractivity contribution in [1.29, 1.82) is 0 Å². The number of hydrogen-bond donors (Lipinski definition) is 4. The van der Waals surface area contributed by atoms with Gasteiger partial charge in [0.05, 0.1) is 9.79 Å².